The van der Waals surface area contributed by atoms with Crippen LogP contribution in [0.5, 0.6) is 0 Å². The van der Waals surface area contributed by atoms with Gasteiger partial charge < -0.3 is 14.6 Å². The van der Waals surface area contributed by atoms with Gasteiger partial charge in [-0.3, -0.25) is 0 Å². The molecule has 35 heavy (non-hydrogen) atoms. The van der Waals surface area contributed by atoms with E-state index >= 15 is 0 Å². The first-order valence-electron chi connectivity index (χ1n) is 12.8. The third-order valence-electron chi connectivity index (χ3n) is 7.72. The van der Waals surface area contributed by atoms with E-state index in [1.54, 1.807) is 0 Å². The van der Waals surface area contributed by atoms with Gasteiger partial charge in [0.15, 0.2) is 0 Å². The Labute approximate surface area is 205 Å². The normalized spacial score (nSPS) is 28.6. The fourth-order valence-electron chi connectivity index (χ4n) is 5.51. The number of ether oxygens (including phenoxy) is 2. The minimum absolute atomic E-state index is 0.0225. The van der Waals surface area contributed by atoms with Gasteiger partial charge in [0.2, 0.25) is 0 Å². The molecule has 1 saturated carbocycles. The molecule has 1 aliphatic carbocycles. The maximum absolute atomic E-state index is 13.2. The summed E-state index contributed by atoms with van der Waals surface area (Å²) in [6, 6.07) is 15.2. The zero-order chi connectivity index (χ0) is 23.8. The molecule has 2 aromatic carbocycles. The Balaban J connectivity index is 1.16. The first-order chi connectivity index (χ1) is 17.2. The molecule has 0 amide bonds. The molecule has 0 spiro atoms. The molecule has 1 N–H and O–H groups in total. The molecular weight excluding hydrogens is 445 g/mol. The molecule has 3 heterocycles. The minimum Gasteiger partial charge on any atom is -0.394 e. The maximum Gasteiger partial charge on any atom is 0.123 e. The van der Waals surface area contributed by atoms with Crippen molar-refractivity contribution in [3.63, 3.8) is 0 Å². The zero-order valence-electron chi connectivity index (χ0n) is 19.8. The van der Waals surface area contributed by atoms with Crippen molar-refractivity contribution in [1.29, 1.82) is 0 Å². The number of hydrogen-bond donors (Lipinski definition) is 1. The molecule has 5 atom stereocenters. The summed E-state index contributed by atoms with van der Waals surface area (Å²) in [4.78, 5) is 0. The van der Waals surface area contributed by atoms with Crippen LogP contribution in [-0.2, 0) is 15.9 Å². The molecule has 6 nitrogen and oxygen atoms in total. The maximum atomic E-state index is 13.2. The summed E-state index contributed by atoms with van der Waals surface area (Å²) in [5.74, 6) is 0.338. The smallest absolute Gasteiger partial charge is 0.123 e. The van der Waals surface area contributed by atoms with Crippen LogP contribution in [0.1, 0.15) is 61.7 Å². The summed E-state index contributed by atoms with van der Waals surface area (Å²) in [5, 5.41) is 18.5. The van der Waals surface area contributed by atoms with Gasteiger partial charge in [0.05, 0.1) is 42.8 Å². The van der Waals surface area contributed by atoms with Crippen LogP contribution < -0.4 is 0 Å². The van der Waals surface area contributed by atoms with E-state index in [0.717, 1.165) is 48.9 Å². The molecule has 6 rings (SSSR count). The largest absolute Gasteiger partial charge is 0.394 e. The molecule has 7 heteroatoms. The highest BCUT2D eigenvalue weighted by Crippen LogP contribution is 2.41. The van der Waals surface area contributed by atoms with E-state index in [2.05, 4.69) is 40.8 Å². The van der Waals surface area contributed by atoms with E-state index in [4.69, 9.17) is 9.47 Å². The Kier molecular flexibility index (Phi) is 6.39. The molecule has 2 aliphatic heterocycles. The van der Waals surface area contributed by atoms with Crippen LogP contribution in [0.25, 0.3) is 11.1 Å². The van der Waals surface area contributed by atoms with Crippen molar-refractivity contribution in [2.45, 2.75) is 81.3 Å². The Hall–Kier alpha value is -2.61. The van der Waals surface area contributed by atoms with Gasteiger partial charge in [-0.1, -0.05) is 41.6 Å². The third kappa shape index (κ3) is 5.03. The van der Waals surface area contributed by atoms with Crippen molar-refractivity contribution in [1.82, 2.24) is 15.0 Å². The van der Waals surface area contributed by atoms with E-state index in [-0.39, 0.29) is 42.9 Å². The lowest BCUT2D eigenvalue weighted by molar-refractivity contribution is -0.209. The Morgan fingerprint density at radius 3 is 2.37 bits per heavy atom. The third-order valence-corrected chi connectivity index (χ3v) is 7.72. The van der Waals surface area contributed by atoms with Crippen LogP contribution in [-0.4, -0.2) is 51.1 Å². The second-order valence-corrected chi connectivity index (χ2v) is 10.2. The number of halogens is 1. The van der Waals surface area contributed by atoms with E-state index < -0.39 is 0 Å². The average Bonchev–Trinajstić information content (AvgIpc) is 3.64. The molecule has 1 aromatic heterocycles. The standard InChI is InChI=1S/C28H32FN3O3/c29-22-10-8-20(9-11-22)19-4-1-18(2-5-19)3-13-26-25(32-16-24(30-31-32)21-6-7-21)15-28-27(35-26)14-12-23(17-33)34-28/h1-2,4-5,8-11,16,21,23,25-28,33H,3,6-7,12-15,17H2/t23-,25-,26+,27-,28-/m0/s1. The van der Waals surface area contributed by atoms with Crippen LogP contribution in [0.3, 0.4) is 0 Å². The van der Waals surface area contributed by atoms with Gasteiger partial charge in [0.1, 0.15) is 5.82 Å². The summed E-state index contributed by atoms with van der Waals surface area (Å²) < 4.78 is 28.0. The lowest BCUT2D eigenvalue weighted by Crippen LogP contribution is -2.51. The van der Waals surface area contributed by atoms with E-state index in [1.165, 1.54) is 30.5 Å². The van der Waals surface area contributed by atoms with Crippen molar-refractivity contribution in [2.24, 2.45) is 0 Å². The lowest BCUT2D eigenvalue weighted by Gasteiger charge is -2.45. The number of rotatable bonds is 7. The molecule has 0 unspecified atom stereocenters. The number of benzene rings is 2. The summed E-state index contributed by atoms with van der Waals surface area (Å²) in [6.45, 7) is 0.0559. The zero-order valence-corrected chi connectivity index (χ0v) is 19.8. The summed E-state index contributed by atoms with van der Waals surface area (Å²) >= 11 is 0. The molecule has 3 aliphatic rings. The fourth-order valence-corrected chi connectivity index (χ4v) is 5.51. The van der Waals surface area contributed by atoms with Crippen molar-refractivity contribution in [3.8, 4) is 11.1 Å². The number of hydrogen-bond acceptors (Lipinski definition) is 5. The number of aromatic nitrogens is 3. The van der Waals surface area contributed by atoms with Gasteiger partial charge in [-0.2, -0.15) is 0 Å². The lowest BCUT2D eigenvalue weighted by atomic mass is 9.88. The van der Waals surface area contributed by atoms with Crippen molar-refractivity contribution in [2.75, 3.05) is 6.61 Å². The second-order valence-electron chi connectivity index (χ2n) is 10.2. The first-order valence-corrected chi connectivity index (χ1v) is 12.8. The predicted molar refractivity (Wildman–Crippen MR) is 129 cm³/mol. The second kappa shape index (κ2) is 9.80. The van der Waals surface area contributed by atoms with Crippen LogP contribution in [0.4, 0.5) is 4.39 Å². The van der Waals surface area contributed by atoms with E-state index in [0.29, 0.717) is 5.92 Å². The van der Waals surface area contributed by atoms with Gasteiger partial charge >= 0.3 is 0 Å². The fraction of sp³-hybridized carbons (Fsp3) is 0.500. The van der Waals surface area contributed by atoms with Gasteiger partial charge in [-0.05, 0) is 67.3 Å². The quantitative estimate of drug-likeness (QED) is 0.528. The minimum atomic E-state index is -0.221. The van der Waals surface area contributed by atoms with Crippen LogP contribution >= 0.6 is 0 Å². The number of nitrogens with zero attached hydrogens (tertiary/aromatic N) is 3. The average molecular weight is 478 g/mol. The van der Waals surface area contributed by atoms with E-state index in [9.17, 15) is 9.50 Å². The van der Waals surface area contributed by atoms with Crippen LogP contribution in [0, 0.1) is 5.82 Å². The number of aryl methyl sites for hydroxylation is 1. The van der Waals surface area contributed by atoms with Gasteiger partial charge in [-0.25, -0.2) is 9.07 Å². The molecular formula is C28H32FN3O3. The highest BCUT2D eigenvalue weighted by Gasteiger charge is 2.43. The molecule has 0 radical (unpaired) electrons. The number of aliphatic hydroxyl groups excluding tert-OH is 1. The van der Waals surface area contributed by atoms with Gasteiger partial charge in [0.25, 0.3) is 0 Å². The Bertz CT molecular complexity index is 1130. The van der Waals surface area contributed by atoms with Gasteiger partial charge in [0, 0.05) is 18.5 Å². The van der Waals surface area contributed by atoms with Crippen LogP contribution in [0.15, 0.2) is 54.7 Å². The molecule has 3 fully saturated rings. The highest BCUT2D eigenvalue weighted by molar-refractivity contribution is 5.63. The summed E-state index contributed by atoms with van der Waals surface area (Å²) in [6.07, 6.45) is 8.80. The SMILES string of the molecule is OC[C@@H]1CC[C@@H]2O[C@H](CCc3ccc(-c4ccc(F)cc4)cc3)[C@@H](n3cc(C4CC4)nn3)C[C@@H]2O1. The van der Waals surface area contributed by atoms with E-state index in [1.807, 2.05) is 16.8 Å². The number of fused-ring (bicyclic) bond motifs is 1. The van der Waals surface area contributed by atoms with Gasteiger partial charge in [-0.15, -0.1) is 5.10 Å². The Morgan fingerprint density at radius 2 is 1.66 bits per heavy atom. The monoisotopic (exact) mass is 477 g/mol. The molecule has 2 saturated heterocycles. The van der Waals surface area contributed by atoms with Crippen molar-refractivity contribution < 1.29 is 19.0 Å². The highest BCUT2D eigenvalue weighted by atomic mass is 19.1. The topological polar surface area (TPSA) is 69.4 Å². The first kappa shape index (κ1) is 22.8. The number of aliphatic hydroxyl groups is 1. The molecule has 184 valence electrons. The molecule has 0 bridgehead atoms. The van der Waals surface area contributed by atoms with Crippen LogP contribution in [0.2, 0.25) is 0 Å². The molecule has 3 aromatic rings. The summed E-state index contributed by atoms with van der Waals surface area (Å²) in [5.41, 5.74) is 4.42. The Morgan fingerprint density at radius 1 is 0.914 bits per heavy atom. The summed E-state index contributed by atoms with van der Waals surface area (Å²) in [7, 11) is 0. The predicted octanol–water partition coefficient (Wildman–Crippen LogP) is 4.83. The van der Waals surface area contributed by atoms with Crippen molar-refractivity contribution in [3.05, 3.63) is 71.8 Å². The van der Waals surface area contributed by atoms with Crippen molar-refractivity contribution >= 4 is 0 Å².